The van der Waals surface area contributed by atoms with E-state index in [1.807, 2.05) is 0 Å². The average Bonchev–Trinajstić information content (AvgIpc) is 3.34. The summed E-state index contributed by atoms with van der Waals surface area (Å²) in [5.41, 5.74) is 1.53. The SMILES string of the molecule is Cc1c(-c2nc(Nc3ccc(C(=O)N4CCOCC4)cc3)n3cc(C(=O)O)nc3n2)cccc1[N+](=O)[O-]. The maximum Gasteiger partial charge on any atom is 0.356 e. The minimum atomic E-state index is -1.24. The fourth-order valence-electron chi connectivity index (χ4n) is 4.03. The average molecular weight is 503 g/mol. The summed E-state index contributed by atoms with van der Waals surface area (Å²) < 4.78 is 6.68. The molecule has 3 heterocycles. The van der Waals surface area contributed by atoms with E-state index in [2.05, 4.69) is 20.3 Å². The van der Waals surface area contributed by atoms with Crippen LogP contribution in [0, 0.1) is 17.0 Å². The molecule has 2 aromatic heterocycles. The van der Waals surface area contributed by atoms with Gasteiger partial charge in [0.1, 0.15) is 0 Å². The number of carboxylic acid groups (broad SMARTS) is 1. The number of nitrogens with one attached hydrogen (secondary N) is 1. The van der Waals surface area contributed by atoms with Crippen LogP contribution >= 0.6 is 0 Å². The summed E-state index contributed by atoms with van der Waals surface area (Å²) in [6, 6.07) is 11.3. The van der Waals surface area contributed by atoms with E-state index in [1.54, 1.807) is 42.2 Å². The quantitative estimate of drug-likeness (QED) is 0.295. The van der Waals surface area contributed by atoms with Crippen LogP contribution in [-0.4, -0.2) is 72.5 Å². The number of imidazole rings is 1. The normalized spacial score (nSPS) is 13.5. The number of aromatic carboxylic acids is 1. The number of carboxylic acids is 1. The Bertz CT molecular complexity index is 1530. The van der Waals surface area contributed by atoms with Crippen LogP contribution in [0.25, 0.3) is 17.2 Å². The van der Waals surface area contributed by atoms with Crippen molar-refractivity contribution >= 4 is 35.0 Å². The highest BCUT2D eigenvalue weighted by atomic mass is 16.6. The van der Waals surface area contributed by atoms with E-state index in [0.717, 1.165) is 0 Å². The molecule has 2 aromatic carbocycles. The van der Waals surface area contributed by atoms with Crippen LogP contribution in [0.15, 0.2) is 48.7 Å². The van der Waals surface area contributed by atoms with Crippen LogP contribution in [0.4, 0.5) is 17.3 Å². The fraction of sp³-hybridized carbons (Fsp3) is 0.208. The second-order valence-corrected chi connectivity index (χ2v) is 8.29. The molecule has 1 aliphatic heterocycles. The lowest BCUT2D eigenvalue weighted by Crippen LogP contribution is -2.40. The molecule has 0 unspecified atom stereocenters. The van der Waals surface area contributed by atoms with Crippen LogP contribution in [0.1, 0.15) is 26.4 Å². The molecule has 2 N–H and O–H groups in total. The zero-order chi connectivity index (χ0) is 26.1. The number of hydrogen-bond donors (Lipinski definition) is 2. The van der Waals surface area contributed by atoms with E-state index in [-0.39, 0.29) is 34.8 Å². The summed E-state index contributed by atoms with van der Waals surface area (Å²) in [5, 5.41) is 24.0. The Balaban J connectivity index is 1.52. The van der Waals surface area contributed by atoms with Gasteiger partial charge >= 0.3 is 5.97 Å². The number of fused-ring (bicyclic) bond motifs is 1. The van der Waals surface area contributed by atoms with Gasteiger partial charge in [0.2, 0.25) is 11.7 Å². The molecule has 1 aliphatic rings. The molecule has 0 spiro atoms. The number of amides is 1. The van der Waals surface area contributed by atoms with Crippen LogP contribution in [-0.2, 0) is 4.74 Å². The first-order valence-corrected chi connectivity index (χ1v) is 11.3. The van der Waals surface area contributed by atoms with Gasteiger partial charge in [-0.3, -0.25) is 19.3 Å². The Hall–Kier alpha value is -4.91. The van der Waals surface area contributed by atoms with Gasteiger partial charge in [-0.15, -0.1) is 0 Å². The molecule has 1 fully saturated rings. The predicted molar refractivity (Wildman–Crippen MR) is 131 cm³/mol. The standard InChI is InChI=1S/C24H21N7O6/c1-14-17(3-2-4-19(14)31(35)36)20-27-23(30-13-18(22(33)34)26-24(30)28-20)25-16-7-5-15(6-8-16)21(32)29-9-11-37-12-10-29/h2-8,13H,9-12H2,1H3,(H,33,34)(H,25,26,27,28). The maximum absolute atomic E-state index is 12.7. The number of nitro benzene ring substituents is 1. The zero-order valence-corrected chi connectivity index (χ0v) is 19.6. The molecular weight excluding hydrogens is 482 g/mol. The second-order valence-electron chi connectivity index (χ2n) is 8.29. The van der Waals surface area contributed by atoms with Crippen molar-refractivity contribution in [3.63, 3.8) is 0 Å². The Morgan fingerprint density at radius 2 is 1.81 bits per heavy atom. The Morgan fingerprint density at radius 1 is 1.08 bits per heavy atom. The van der Waals surface area contributed by atoms with Crippen LogP contribution < -0.4 is 5.32 Å². The Morgan fingerprint density at radius 3 is 2.49 bits per heavy atom. The second kappa shape index (κ2) is 9.62. The lowest BCUT2D eigenvalue weighted by atomic mass is 10.1. The van der Waals surface area contributed by atoms with Gasteiger partial charge in [-0.05, 0) is 31.2 Å². The summed E-state index contributed by atoms with van der Waals surface area (Å²) >= 11 is 0. The molecule has 5 rings (SSSR count). The van der Waals surface area contributed by atoms with Gasteiger partial charge in [0.15, 0.2) is 11.5 Å². The number of hydrogen-bond acceptors (Lipinski definition) is 9. The van der Waals surface area contributed by atoms with Crippen LogP contribution in [0.3, 0.4) is 0 Å². The van der Waals surface area contributed by atoms with Crippen molar-refractivity contribution < 1.29 is 24.4 Å². The number of carbonyl (C=O) groups is 2. The number of aromatic nitrogens is 4. The number of rotatable bonds is 6. The van der Waals surface area contributed by atoms with Gasteiger partial charge < -0.3 is 20.1 Å². The van der Waals surface area contributed by atoms with Crippen molar-refractivity contribution in [2.75, 3.05) is 31.6 Å². The number of ether oxygens (including phenoxy) is 1. The van der Waals surface area contributed by atoms with Gasteiger partial charge in [-0.2, -0.15) is 9.97 Å². The van der Waals surface area contributed by atoms with Crippen molar-refractivity contribution in [2.24, 2.45) is 0 Å². The highest BCUT2D eigenvalue weighted by Gasteiger charge is 2.21. The summed E-state index contributed by atoms with van der Waals surface area (Å²) in [6.45, 7) is 3.66. The molecule has 37 heavy (non-hydrogen) atoms. The van der Waals surface area contributed by atoms with Crippen LogP contribution in [0.5, 0.6) is 0 Å². The highest BCUT2D eigenvalue weighted by molar-refractivity contribution is 5.94. The Labute approximate surface area is 209 Å². The molecule has 0 saturated carbocycles. The molecule has 0 bridgehead atoms. The number of anilines is 2. The highest BCUT2D eigenvalue weighted by Crippen LogP contribution is 2.29. The maximum atomic E-state index is 12.7. The lowest BCUT2D eigenvalue weighted by molar-refractivity contribution is -0.385. The molecular formula is C24H21N7O6. The van der Waals surface area contributed by atoms with E-state index in [0.29, 0.717) is 48.7 Å². The Kier molecular flexibility index (Phi) is 6.19. The van der Waals surface area contributed by atoms with Crippen LogP contribution in [0.2, 0.25) is 0 Å². The molecule has 1 saturated heterocycles. The van der Waals surface area contributed by atoms with E-state index in [9.17, 15) is 24.8 Å². The number of carbonyl (C=O) groups excluding carboxylic acids is 1. The van der Waals surface area contributed by atoms with Crippen molar-refractivity contribution in [3.8, 4) is 11.4 Å². The third-order valence-electron chi connectivity index (χ3n) is 5.98. The monoisotopic (exact) mass is 503 g/mol. The van der Waals surface area contributed by atoms with E-state index >= 15 is 0 Å². The summed E-state index contributed by atoms with van der Waals surface area (Å²) in [4.78, 5) is 49.9. The molecule has 188 valence electrons. The molecule has 4 aromatic rings. The van der Waals surface area contributed by atoms with Gasteiger partial charge in [0, 0.05) is 47.7 Å². The van der Waals surface area contributed by atoms with Gasteiger partial charge in [0.25, 0.3) is 11.6 Å². The predicted octanol–water partition coefficient (Wildman–Crippen LogP) is 2.92. The zero-order valence-electron chi connectivity index (χ0n) is 19.6. The third kappa shape index (κ3) is 4.67. The molecule has 13 nitrogen and oxygen atoms in total. The van der Waals surface area contributed by atoms with E-state index in [4.69, 9.17) is 4.74 Å². The molecule has 0 atom stereocenters. The molecule has 0 aliphatic carbocycles. The molecule has 0 radical (unpaired) electrons. The number of morpholine rings is 1. The third-order valence-corrected chi connectivity index (χ3v) is 5.98. The lowest BCUT2D eigenvalue weighted by Gasteiger charge is -2.26. The van der Waals surface area contributed by atoms with Crippen molar-refractivity contribution in [1.29, 1.82) is 0 Å². The minimum Gasteiger partial charge on any atom is -0.476 e. The van der Waals surface area contributed by atoms with Gasteiger partial charge in [-0.1, -0.05) is 12.1 Å². The first-order valence-electron chi connectivity index (χ1n) is 11.3. The van der Waals surface area contributed by atoms with Crippen molar-refractivity contribution in [2.45, 2.75) is 6.92 Å². The first-order chi connectivity index (χ1) is 17.8. The number of nitrogens with zero attached hydrogens (tertiary/aromatic N) is 6. The minimum absolute atomic E-state index is 0.0509. The van der Waals surface area contributed by atoms with Crippen molar-refractivity contribution in [3.05, 3.63) is 75.6 Å². The van der Waals surface area contributed by atoms with Gasteiger partial charge in [-0.25, -0.2) is 9.78 Å². The summed E-state index contributed by atoms with van der Waals surface area (Å²) in [5.74, 6) is -0.954. The summed E-state index contributed by atoms with van der Waals surface area (Å²) in [7, 11) is 0. The smallest absolute Gasteiger partial charge is 0.356 e. The van der Waals surface area contributed by atoms with E-state index in [1.165, 1.54) is 22.7 Å². The first kappa shape index (κ1) is 23.8. The fourth-order valence-corrected chi connectivity index (χ4v) is 4.03. The largest absolute Gasteiger partial charge is 0.476 e. The van der Waals surface area contributed by atoms with Crippen molar-refractivity contribution in [1.82, 2.24) is 24.3 Å². The topological polar surface area (TPSA) is 165 Å². The molecule has 13 heteroatoms. The van der Waals surface area contributed by atoms with Gasteiger partial charge in [0.05, 0.1) is 18.1 Å². The number of benzene rings is 2. The summed E-state index contributed by atoms with van der Waals surface area (Å²) in [6.07, 6.45) is 1.28. The van der Waals surface area contributed by atoms with E-state index < -0.39 is 10.9 Å². The number of nitro groups is 1. The molecule has 1 amide bonds.